The Labute approximate surface area is 89.2 Å². The van der Waals surface area contributed by atoms with E-state index in [1.54, 1.807) is 18.3 Å². The molecule has 0 spiro atoms. The van der Waals surface area contributed by atoms with Gasteiger partial charge in [-0.15, -0.1) is 0 Å². The molecule has 0 aliphatic rings. The van der Waals surface area contributed by atoms with Gasteiger partial charge >= 0.3 is 0 Å². The van der Waals surface area contributed by atoms with Crippen LogP contribution in [0.2, 0.25) is 5.02 Å². The molecule has 1 heterocycles. The van der Waals surface area contributed by atoms with E-state index in [1.165, 1.54) is 0 Å². The van der Waals surface area contributed by atoms with Crippen LogP contribution in [0.25, 0.3) is 0 Å². The van der Waals surface area contributed by atoms with E-state index in [0.717, 1.165) is 0 Å². The lowest BCUT2D eigenvalue weighted by molar-refractivity contribution is 0.0676. The molecular weight excluding hydrogens is 200 g/mol. The van der Waals surface area contributed by atoms with Crippen LogP contribution in [-0.4, -0.2) is 17.7 Å². The highest BCUT2D eigenvalue weighted by Crippen LogP contribution is 2.18. The fraction of sp³-hybridized carbons (Fsp3) is 0.500. The van der Waals surface area contributed by atoms with Crippen molar-refractivity contribution in [3.05, 3.63) is 29.0 Å². The van der Waals surface area contributed by atoms with E-state index in [4.69, 9.17) is 22.1 Å². The van der Waals surface area contributed by atoms with Crippen molar-refractivity contribution in [2.45, 2.75) is 26.0 Å². The number of nitrogens with zero attached hydrogens (tertiary/aromatic N) is 1. The van der Waals surface area contributed by atoms with Crippen molar-refractivity contribution in [2.75, 3.05) is 6.61 Å². The van der Waals surface area contributed by atoms with Crippen LogP contribution in [0.1, 0.15) is 25.6 Å². The number of aromatic nitrogens is 1. The fourth-order valence-electron chi connectivity index (χ4n) is 1.05. The lowest BCUT2D eigenvalue weighted by Crippen LogP contribution is -2.20. The minimum atomic E-state index is -0.258. The summed E-state index contributed by atoms with van der Waals surface area (Å²) in [4.78, 5) is 4.12. The van der Waals surface area contributed by atoms with Crippen molar-refractivity contribution in [3.63, 3.8) is 0 Å². The highest BCUT2D eigenvalue weighted by molar-refractivity contribution is 6.31. The van der Waals surface area contributed by atoms with E-state index < -0.39 is 0 Å². The van der Waals surface area contributed by atoms with Crippen LogP contribution < -0.4 is 5.73 Å². The van der Waals surface area contributed by atoms with E-state index in [2.05, 4.69) is 4.98 Å². The normalized spacial score (nSPS) is 13.2. The lowest BCUT2D eigenvalue weighted by atomic mass is 10.2. The number of halogens is 1. The van der Waals surface area contributed by atoms with E-state index >= 15 is 0 Å². The lowest BCUT2D eigenvalue weighted by Gasteiger charge is -2.14. The van der Waals surface area contributed by atoms with E-state index in [-0.39, 0.29) is 12.1 Å². The van der Waals surface area contributed by atoms with Crippen molar-refractivity contribution in [2.24, 2.45) is 5.73 Å². The van der Waals surface area contributed by atoms with Gasteiger partial charge in [0.1, 0.15) is 0 Å². The van der Waals surface area contributed by atoms with Gasteiger partial charge in [0.05, 0.1) is 29.5 Å². The second-order valence-electron chi connectivity index (χ2n) is 3.36. The molecule has 2 N–H and O–H groups in total. The van der Waals surface area contributed by atoms with Gasteiger partial charge in [-0.25, -0.2) is 0 Å². The Balaban J connectivity index is 2.60. The number of ether oxygens (including phenoxy) is 1. The van der Waals surface area contributed by atoms with Gasteiger partial charge in [0.25, 0.3) is 0 Å². The fourth-order valence-corrected chi connectivity index (χ4v) is 1.31. The molecule has 0 fully saturated rings. The molecule has 78 valence electrons. The molecule has 0 saturated heterocycles. The summed E-state index contributed by atoms with van der Waals surface area (Å²) in [6.45, 7) is 4.37. The Morgan fingerprint density at radius 3 is 2.86 bits per heavy atom. The molecule has 0 saturated carbocycles. The maximum Gasteiger partial charge on any atom is 0.0780 e. The third kappa shape index (κ3) is 3.25. The summed E-state index contributed by atoms with van der Waals surface area (Å²) < 4.78 is 5.39. The molecule has 1 aromatic rings. The summed E-state index contributed by atoms with van der Waals surface area (Å²) >= 11 is 5.94. The Morgan fingerprint density at radius 1 is 1.57 bits per heavy atom. The van der Waals surface area contributed by atoms with Crippen LogP contribution in [0.5, 0.6) is 0 Å². The quantitative estimate of drug-likeness (QED) is 0.836. The molecule has 1 rings (SSSR count). The topological polar surface area (TPSA) is 48.1 Å². The SMILES string of the molecule is CC(C)OCC(N)c1ncccc1Cl. The zero-order valence-corrected chi connectivity index (χ0v) is 9.16. The first-order chi connectivity index (χ1) is 6.61. The van der Waals surface area contributed by atoms with Gasteiger partial charge in [0.2, 0.25) is 0 Å². The van der Waals surface area contributed by atoms with Gasteiger partial charge in [-0.2, -0.15) is 0 Å². The molecule has 4 heteroatoms. The van der Waals surface area contributed by atoms with Crippen LogP contribution in [0, 0.1) is 0 Å². The van der Waals surface area contributed by atoms with Crippen LogP contribution >= 0.6 is 11.6 Å². The third-order valence-electron chi connectivity index (χ3n) is 1.75. The van der Waals surface area contributed by atoms with E-state index in [0.29, 0.717) is 17.3 Å². The molecule has 0 bridgehead atoms. The summed E-state index contributed by atoms with van der Waals surface area (Å²) in [5.74, 6) is 0. The number of hydrogen-bond donors (Lipinski definition) is 1. The Kier molecular flexibility index (Phi) is 4.32. The Hall–Kier alpha value is -0.640. The van der Waals surface area contributed by atoms with Crippen molar-refractivity contribution in [1.82, 2.24) is 4.98 Å². The minimum absolute atomic E-state index is 0.170. The summed E-state index contributed by atoms with van der Waals surface area (Å²) in [6.07, 6.45) is 1.85. The summed E-state index contributed by atoms with van der Waals surface area (Å²) in [5, 5.41) is 0.590. The van der Waals surface area contributed by atoms with Crippen molar-refractivity contribution < 1.29 is 4.74 Å². The van der Waals surface area contributed by atoms with E-state index in [1.807, 2.05) is 13.8 Å². The maximum absolute atomic E-state index is 5.94. The third-order valence-corrected chi connectivity index (χ3v) is 2.07. The maximum atomic E-state index is 5.94. The molecule has 0 aliphatic heterocycles. The highest BCUT2D eigenvalue weighted by Gasteiger charge is 2.11. The minimum Gasteiger partial charge on any atom is -0.377 e. The van der Waals surface area contributed by atoms with Crippen molar-refractivity contribution in [1.29, 1.82) is 0 Å². The standard InChI is InChI=1S/C10H15ClN2O/c1-7(2)14-6-9(12)10-8(11)4-3-5-13-10/h3-5,7,9H,6,12H2,1-2H3. The van der Waals surface area contributed by atoms with Gasteiger partial charge < -0.3 is 10.5 Å². The van der Waals surface area contributed by atoms with Crippen LogP contribution in [0.15, 0.2) is 18.3 Å². The molecule has 1 unspecified atom stereocenters. The van der Waals surface area contributed by atoms with Crippen LogP contribution in [0.3, 0.4) is 0 Å². The number of pyridine rings is 1. The van der Waals surface area contributed by atoms with Crippen LogP contribution in [0.4, 0.5) is 0 Å². The second-order valence-corrected chi connectivity index (χ2v) is 3.77. The zero-order chi connectivity index (χ0) is 10.6. The number of hydrogen-bond acceptors (Lipinski definition) is 3. The van der Waals surface area contributed by atoms with Crippen LogP contribution in [-0.2, 0) is 4.74 Å². The largest absolute Gasteiger partial charge is 0.377 e. The Bertz CT molecular complexity index is 291. The monoisotopic (exact) mass is 214 g/mol. The zero-order valence-electron chi connectivity index (χ0n) is 8.40. The van der Waals surface area contributed by atoms with E-state index in [9.17, 15) is 0 Å². The van der Waals surface area contributed by atoms with Gasteiger partial charge in [0.15, 0.2) is 0 Å². The van der Waals surface area contributed by atoms with Crippen molar-refractivity contribution >= 4 is 11.6 Å². The Morgan fingerprint density at radius 2 is 2.29 bits per heavy atom. The van der Waals surface area contributed by atoms with Crippen molar-refractivity contribution in [3.8, 4) is 0 Å². The van der Waals surface area contributed by atoms with Gasteiger partial charge in [-0.3, -0.25) is 4.98 Å². The molecule has 0 aliphatic carbocycles. The molecule has 1 atom stereocenters. The summed E-state index contributed by atoms with van der Waals surface area (Å²) in [5.41, 5.74) is 6.56. The average molecular weight is 215 g/mol. The first kappa shape index (κ1) is 11.4. The predicted molar refractivity (Wildman–Crippen MR) is 57.3 cm³/mol. The molecule has 0 aromatic carbocycles. The number of rotatable bonds is 4. The first-order valence-electron chi connectivity index (χ1n) is 4.59. The molecular formula is C10H15ClN2O. The smallest absolute Gasteiger partial charge is 0.0780 e. The molecule has 0 amide bonds. The molecule has 0 radical (unpaired) electrons. The summed E-state index contributed by atoms with van der Waals surface area (Å²) in [6, 6.07) is 3.30. The average Bonchev–Trinajstić information content (AvgIpc) is 2.15. The summed E-state index contributed by atoms with van der Waals surface area (Å²) in [7, 11) is 0. The number of nitrogens with two attached hydrogens (primary N) is 1. The van der Waals surface area contributed by atoms with Gasteiger partial charge in [-0.1, -0.05) is 11.6 Å². The molecule has 1 aromatic heterocycles. The predicted octanol–water partition coefficient (Wildman–Crippen LogP) is 2.16. The molecule has 3 nitrogen and oxygen atoms in total. The molecule has 14 heavy (non-hydrogen) atoms. The second kappa shape index (κ2) is 5.29. The first-order valence-corrected chi connectivity index (χ1v) is 4.96. The van der Waals surface area contributed by atoms with Gasteiger partial charge in [0, 0.05) is 6.20 Å². The highest BCUT2D eigenvalue weighted by atomic mass is 35.5. The van der Waals surface area contributed by atoms with Gasteiger partial charge in [-0.05, 0) is 26.0 Å².